The third kappa shape index (κ3) is 10.4. The Labute approximate surface area is 107 Å². The number of hydrogen-bond donors (Lipinski definition) is 2. The number of nitrogens with one attached hydrogen (secondary N) is 2. The van der Waals surface area contributed by atoms with Gasteiger partial charge in [-0.1, -0.05) is 0 Å². The van der Waals surface area contributed by atoms with Crippen molar-refractivity contribution in [2.24, 2.45) is 0 Å². The molecule has 0 heterocycles. The number of rotatable bonds is 6. The predicted molar refractivity (Wildman–Crippen MR) is 65.3 cm³/mol. The Morgan fingerprint density at radius 3 is 2.17 bits per heavy atom. The molecule has 0 rings (SSSR count). The van der Waals surface area contributed by atoms with E-state index >= 15 is 0 Å². The predicted octanol–water partition coefficient (Wildman–Crippen LogP) is 2.61. The van der Waals surface area contributed by atoms with Gasteiger partial charge in [0.1, 0.15) is 0 Å². The Morgan fingerprint density at radius 2 is 1.72 bits per heavy atom. The number of alkyl halides is 3. The van der Waals surface area contributed by atoms with E-state index in [2.05, 4.69) is 10.6 Å². The lowest BCUT2D eigenvalue weighted by molar-refractivity contribution is -0.135. The lowest BCUT2D eigenvalue weighted by Crippen LogP contribution is -2.49. The molecule has 0 aliphatic rings. The molecule has 2 N–H and O–H groups in total. The fourth-order valence-electron chi connectivity index (χ4n) is 1.34. The van der Waals surface area contributed by atoms with Gasteiger partial charge in [-0.3, -0.25) is 4.79 Å². The van der Waals surface area contributed by atoms with Crippen LogP contribution in [0.4, 0.5) is 13.2 Å². The highest BCUT2D eigenvalue weighted by molar-refractivity contribution is 5.81. The maximum absolute atomic E-state index is 11.9. The van der Waals surface area contributed by atoms with Crippen LogP contribution >= 0.6 is 0 Å². The zero-order chi connectivity index (χ0) is 14.4. The summed E-state index contributed by atoms with van der Waals surface area (Å²) in [4.78, 5) is 11.6. The van der Waals surface area contributed by atoms with Gasteiger partial charge in [0.15, 0.2) is 0 Å². The molecule has 0 aliphatic heterocycles. The van der Waals surface area contributed by atoms with Crippen LogP contribution in [-0.2, 0) is 4.79 Å². The normalized spacial score (nSPS) is 14.4. The van der Waals surface area contributed by atoms with Gasteiger partial charge in [0.25, 0.3) is 0 Å². The van der Waals surface area contributed by atoms with Crippen molar-refractivity contribution in [3.05, 3.63) is 0 Å². The summed E-state index contributed by atoms with van der Waals surface area (Å²) in [6, 6.07) is -0.393. The first-order valence-corrected chi connectivity index (χ1v) is 6.13. The maximum atomic E-state index is 11.9. The molecule has 108 valence electrons. The van der Waals surface area contributed by atoms with E-state index < -0.39 is 18.6 Å². The highest BCUT2D eigenvalue weighted by Gasteiger charge is 2.26. The van der Waals surface area contributed by atoms with Crippen LogP contribution in [0.15, 0.2) is 0 Å². The third-order valence-corrected chi connectivity index (χ3v) is 2.23. The second-order valence-electron chi connectivity index (χ2n) is 5.49. The number of halogens is 3. The summed E-state index contributed by atoms with van der Waals surface area (Å²) in [5.74, 6) is -0.140. The average molecular weight is 268 g/mol. The van der Waals surface area contributed by atoms with Gasteiger partial charge in [-0.15, -0.1) is 0 Å². The van der Waals surface area contributed by atoms with E-state index in [-0.39, 0.29) is 17.9 Å². The number of carbonyl (C=O) groups is 1. The highest BCUT2D eigenvalue weighted by Crippen LogP contribution is 2.21. The minimum atomic E-state index is -4.09. The minimum absolute atomic E-state index is 0.0874. The van der Waals surface area contributed by atoms with E-state index in [0.29, 0.717) is 13.0 Å². The summed E-state index contributed by atoms with van der Waals surface area (Å²) in [5.41, 5.74) is -0.302. The molecular weight excluding hydrogens is 245 g/mol. The minimum Gasteiger partial charge on any atom is -0.350 e. The monoisotopic (exact) mass is 268 g/mol. The second-order valence-corrected chi connectivity index (χ2v) is 5.49. The van der Waals surface area contributed by atoms with E-state index in [1.165, 1.54) is 0 Å². The van der Waals surface area contributed by atoms with Crippen LogP contribution in [0.5, 0.6) is 0 Å². The van der Waals surface area contributed by atoms with Crippen LogP contribution in [0.2, 0.25) is 0 Å². The Kier molecular flexibility index (Phi) is 6.67. The Morgan fingerprint density at radius 1 is 1.17 bits per heavy atom. The van der Waals surface area contributed by atoms with Crippen LogP contribution in [0, 0.1) is 0 Å². The van der Waals surface area contributed by atoms with Crippen LogP contribution in [0.25, 0.3) is 0 Å². The molecule has 6 heteroatoms. The quantitative estimate of drug-likeness (QED) is 0.727. The van der Waals surface area contributed by atoms with Gasteiger partial charge >= 0.3 is 6.18 Å². The van der Waals surface area contributed by atoms with Crippen molar-refractivity contribution in [2.45, 2.75) is 64.7 Å². The molecule has 0 saturated heterocycles. The molecule has 18 heavy (non-hydrogen) atoms. The fourth-order valence-corrected chi connectivity index (χ4v) is 1.34. The molecule has 0 aromatic carbocycles. The van der Waals surface area contributed by atoms with Crippen molar-refractivity contribution in [2.75, 3.05) is 6.54 Å². The second kappa shape index (κ2) is 6.97. The van der Waals surface area contributed by atoms with Gasteiger partial charge in [-0.05, 0) is 47.1 Å². The van der Waals surface area contributed by atoms with Crippen LogP contribution in [0.3, 0.4) is 0 Å². The van der Waals surface area contributed by atoms with Crippen molar-refractivity contribution < 1.29 is 18.0 Å². The molecule has 0 fully saturated rings. The first kappa shape index (κ1) is 17.2. The Hall–Kier alpha value is -0.780. The summed E-state index contributed by atoms with van der Waals surface area (Å²) in [5, 5.41) is 5.71. The maximum Gasteiger partial charge on any atom is 0.389 e. The van der Waals surface area contributed by atoms with Gasteiger partial charge in [-0.2, -0.15) is 13.2 Å². The van der Waals surface area contributed by atoms with E-state index in [4.69, 9.17) is 0 Å². The molecule has 0 aliphatic carbocycles. The summed E-state index contributed by atoms with van der Waals surface area (Å²) in [6.45, 7) is 7.74. The zero-order valence-corrected chi connectivity index (χ0v) is 11.4. The van der Waals surface area contributed by atoms with Gasteiger partial charge in [0.2, 0.25) is 5.91 Å². The summed E-state index contributed by atoms with van der Waals surface area (Å²) in [6.07, 6.45) is -4.36. The molecule has 0 radical (unpaired) electrons. The Balaban J connectivity index is 3.71. The highest BCUT2D eigenvalue weighted by atomic mass is 19.4. The molecule has 1 unspecified atom stereocenters. The molecule has 3 nitrogen and oxygen atoms in total. The first-order chi connectivity index (χ1) is 8.01. The molecule has 0 bridgehead atoms. The number of hydrogen-bond acceptors (Lipinski definition) is 2. The lowest BCUT2D eigenvalue weighted by atomic mass is 10.1. The SMILES string of the molecule is CC(NCCCCC(F)(F)F)C(=O)NC(C)(C)C. The smallest absolute Gasteiger partial charge is 0.350 e. The largest absolute Gasteiger partial charge is 0.389 e. The molecule has 0 aromatic heterocycles. The van der Waals surface area contributed by atoms with E-state index in [1.54, 1.807) is 6.92 Å². The van der Waals surface area contributed by atoms with Crippen LogP contribution < -0.4 is 10.6 Å². The summed E-state index contributed by atoms with van der Waals surface area (Å²) >= 11 is 0. The molecule has 0 spiro atoms. The first-order valence-electron chi connectivity index (χ1n) is 6.13. The summed E-state index contributed by atoms with van der Waals surface area (Å²) < 4.78 is 35.6. The lowest BCUT2D eigenvalue weighted by Gasteiger charge is -2.23. The van der Waals surface area contributed by atoms with Crippen LogP contribution in [0.1, 0.15) is 47.0 Å². The van der Waals surface area contributed by atoms with Crippen LogP contribution in [-0.4, -0.2) is 30.2 Å². The van der Waals surface area contributed by atoms with E-state index in [1.807, 2.05) is 20.8 Å². The van der Waals surface area contributed by atoms with Crippen molar-refractivity contribution >= 4 is 5.91 Å². The fraction of sp³-hybridized carbons (Fsp3) is 0.917. The van der Waals surface area contributed by atoms with E-state index in [0.717, 1.165) is 0 Å². The zero-order valence-electron chi connectivity index (χ0n) is 11.4. The van der Waals surface area contributed by atoms with Crippen molar-refractivity contribution in [1.82, 2.24) is 10.6 Å². The molecule has 0 saturated carbocycles. The van der Waals surface area contributed by atoms with Crippen molar-refractivity contribution in [3.63, 3.8) is 0 Å². The summed E-state index contributed by atoms with van der Waals surface area (Å²) in [7, 11) is 0. The molecule has 0 aromatic rings. The standard InChI is InChI=1S/C12H23F3N2O/c1-9(10(18)17-11(2,3)4)16-8-6-5-7-12(13,14)15/h9,16H,5-8H2,1-4H3,(H,17,18). The molecule has 1 amide bonds. The topological polar surface area (TPSA) is 41.1 Å². The number of carbonyl (C=O) groups excluding carboxylic acids is 1. The number of unbranched alkanes of at least 4 members (excludes halogenated alkanes) is 1. The van der Waals surface area contributed by atoms with Crippen molar-refractivity contribution in [1.29, 1.82) is 0 Å². The third-order valence-electron chi connectivity index (χ3n) is 2.23. The van der Waals surface area contributed by atoms with Gasteiger partial charge in [0.05, 0.1) is 6.04 Å². The van der Waals surface area contributed by atoms with Crippen molar-refractivity contribution in [3.8, 4) is 0 Å². The molecular formula is C12H23F3N2O. The van der Waals surface area contributed by atoms with Gasteiger partial charge < -0.3 is 10.6 Å². The van der Waals surface area contributed by atoms with Gasteiger partial charge in [0, 0.05) is 12.0 Å². The average Bonchev–Trinajstić information content (AvgIpc) is 2.12. The van der Waals surface area contributed by atoms with E-state index in [9.17, 15) is 18.0 Å². The number of amides is 1. The molecule has 1 atom stereocenters. The Bertz CT molecular complexity index is 259. The van der Waals surface area contributed by atoms with Gasteiger partial charge in [-0.25, -0.2) is 0 Å².